The molecule has 1 aliphatic heterocycles. The number of hydrogen-bond donors (Lipinski definition) is 0. The molecule has 2 heteroatoms. The van der Waals surface area contributed by atoms with Gasteiger partial charge in [-0.2, -0.15) is 0 Å². The molecular formula is C12H16OS. The van der Waals surface area contributed by atoms with Gasteiger partial charge in [-0.05, 0) is 31.9 Å². The van der Waals surface area contributed by atoms with Gasteiger partial charge in [0.2, 0.25) is 0 Å². The van der Waals surface area contributed by atoms with E-state index in [1.165, 1.54) is 17.7 Å². The largest absolute Gasteiger partial charge is 0.378 e. The summed E-state index contributed by atoms with van der Waals surface area (Å²) in [7, 11) is 0. The first-order chi connectivity index (χ1) is 6.84. The van der Waals surface area contributed by atoms with Gasteiger partial charge in [0.1, 0.15) is 0 Å². The molecular weight excluding hydrogens is 192 g/mol. The van der Waals surface area contributed by atoms with Crippen molar-refractivity contribution in [2.24, 2.45) is 0 Å². The predicted molar refractivity (Wildman–Crippen MR) is 60.7 cm³/mol. The summed E-state index contributed by atoms with van der Waals surface area (Å²) in [6.45, 7) is 3.09. The Morgan fingerprint density at radius 3 is 2.79 bits per heavy atom. The average molecular weight is 208 g/mol. The van der Waals surface area contributed by atoms with Gasteiger partial charge < -0.3 is 4.74 Å². The second-order valence-electron chi connectivity index (χ2n) is 3.76. The summed E-state index contributed by atoms with van der Waals surface area (Å²) < 4.78 is 5.53. The number of rotatable bonds is 2. The van der Waals surface area contributed by atoms with Gasteiger partial charge in [-0.15, -0.1) is 11.8 Å². The van der Waals surface area contributed by atoms with E-state index < -0.39 is 0 Å². The number of benzene rings is 1. The quantitative estimate of drug-likeness (QED) is 0.737. The molecule has 1 aliphatic rings. The van der Waals surface area contributed by atoms with Crippen LogP contribution in [0.15, 0.2) is 35.2 Å². The third-order valence-electron chi connectivity index (χ3n) is 2.48. The van der Waals surface area contributed by atoms with E-state index in [1.54, 1.807) is 0 Å². The normalized spacial score (nSPS) is 27.5. The van der Waals surface area contributed by atoms with E-state index in [4.69, 9.17) is 4.74 Å². The minimum atomic E-state index is 0.435. The minimum Gasteiger partial charge on any atom is -0.378 e. The number of ether oxygens (including phenoxy) is 1. The predicted octanol–water partition coefficient (Wildman–Crippen LogP) is 3.35. The van der Waals surface area contributed by atoms with Gasteiger partial charge in [0.15, 0.2) is 0 Å². The molecule has 0 aliphatic carbocycles. The maximum Gasteiger partial charge on any atom is 0.0557 e. The smallest absolute Gasteiger partial charge is 0.0557 e. The van der Waals surface area contributed by atoms with Gasteiger partial charge in [0.25, 0.3) is 0 Å². The first-order valence-corrected chi connectivity index (χ1v) is 6.06. The Morgan fingerprint density at radius 2 is 2.07 bits per heavy atom. The highest BCUT2D eigenvalue weighted by molar-refractivity contribution is 8.00. The molecule has 1 saturated heterocycles. The molecule has 1 heterocycles. The zero-order valence-corrected chi connectivity index (χ0v) is 9.30. The molecule has 0 N–H and O–H groups in total. The van der Waals surface area contributed by atoms with Crippen molar-refractivity contribution in [1.82, 2.24) is 0 Å². The Labute approximate surface area is 89.9 Å². The van der Waals surface area contributed by atoms with Gasteiger partial charge in [-0.1, -0.05) is 18.2 Å². The van der Waals surface area contributed by atoms with Crippen LogP contribution in [0.4, 0.5) is 0 Å². The van der Waals surface area contributed by atoms with Crippen LogP contribution in [-0.4, -0.2) is 18.0 Å². The molecule has 14 heavy (non-hydrogen) atoms. The van der Waals surface area contributed by atoms with Crippen molar-refractivity contribution in [3.63, 3.8) is 0 Å². The lowest BCUT2D eigenvalue weighted by Gasteiger charge is -2.26. The maximum absolute atomic E-state index is 5.53. The Hall–Kier alpha value is -0.470. The van der Waals surface area contributed by atoms with Crippen molar-refractivity contribution in [3.05, 3.63) is 30.3 Å². The lowest BCUT2D eigenvalue weighted by molar-refractivity contribution is 0.0314. The molecule has 0 amide bonds. The third-order valence-corrected chi connectivity index (χ3v) is 3.79. The standard InChI is InChI=1S/C12H16OS/c1-10-9-12(7-8-13-10)14-11-5-3-2-4-6-11/h2-6,10,12H,7-9H2,1H3. The van der Waals surface area contributed by atoms with Crippen molar-refractivity contribution in [1.29, 1.82) is 0 Å². The third kappa shape index (κ3) is 2.76. The van der Waals surface area contributed by atoms with Gasteiger partial charge >= 0.3 is 0 Å². The summed E-state index contributed by atoms with van der Waals surface area (Å²) in [6, 6.07) is 10.6. The summed E-state index contributed by atoms with van der Waals surface area (Å²) in [5.41, 5.74) is 0. The lowest BCUT2D eigenvalue weighted by atomic mass is 10.1. The van der Waals surface area contributed by atoms with Crippen molar-refractivity contribution >= 4 is 11.8 Å². The minimum absolute atomic E-state index is 0.435. The summed E-state index contributed by atoms with van der Waals surface area (Å²) in [5, 5.41) is 0.737. The molecule has 1 aromatic carbocycles. The van der Waals surface area contributed by atoms with Gasteiger partial charge in [-0.3, -0.25) is 0 Å². The monoisotopic (exact) mass is 208 g/mol. The summed E-state index contributed by atoms with van der Waals surface area (Å²) in [4.78, 5) is 1.38. The molecule has 0 bridgehead atoms. The van der Waals surface area contributed by atoms with Crippen molar-refractivity contribution < 1.29 is 4.74 Å². The molecule has 1 aromatic rings. The molecule has 0 saturated carbocycles. The molecule has 0 spiro atoms. The molecule has 2 unspecified atom stereocenters. The Kier molecular flexibility index (Phi) is 3.49. The fourth-order valence-electron chi connectivity index (χ4n) is 1.76. The van der Waals surface area contributed by atoms with E-state index in [2.05, 4.69) is 37.3 Å². The zero-order valence-electron chi connectivity index (χ0n) is 8.48. The zero-order chi connectivity index (χ0) is 9.80. The number of thioether (sulfide) groups is 1. The molecule has 2 rings (SSSR count). The first kappa shape index (κ1) is 10.1. The van der Waals surface area contributed by atoms with Crippen molar-refractivity contribution in [2.45, 2.75) is 36.0 Å². The van der Waals surface area contributed by atoms with Crippen LogP contribution in [-0.2, 0) is 4.74 Å². The van der Waals surface area contributed by atoms with E-state index >= 15 is 0 Å². The Bertz CT molecular complexity index is 273. The Balaban J connectivity index is 1.91. The van der Waals surface area contributed by atoms with E-state index in [9.17, 15) is 0 Å². The SMILES string of the molecule is CC1CC(Sc2ccccc2)CCO1. The van der Waals surface area contributed by atoms with Crippen LogP contribution in [0.1, 0.15) is 19.8 Å². The van der Waals surface area contributed by atoms with E-state index in [-0.39, 0.29) is 0 Å². The summed E-state index contributed by atoms with van der Waals surface area (Å²) in [6.07, 6.45) is 2.80. The van der Waals surface area contributed by atoms with Crippen LogP contribution in [0.3, 0.4) is 0 Å². The summed E-state index contributed by atoms with van der Waals surface area (Å²) in [5.74, 6) is 0. The molecule has 76 valence electrons. The van der Waals surface area contributed by atoms with Crippen LogP contribution < -0.4 is 0 Å². The van der Waals surface area contributed by atoms with Gasteiger partial charge in [0, 0.05) is 16.8 Å². The lowest BCUT2D eigenvalue weighted by Crippen LogP contribution is -2.24. The maximum atomic E-state index is 5.53. The fourth-order valence-corrected chi connectivity index (χ4v) is 3.04. The highest BCUT2D eigenvalue weighted by Crippen LogP contribution is 2.31. The second kappa shape index (κ2) is 4.85. The second-order valence-corrected chi connectivity index (χ2v) is 5.13. The van der Waals surface area contributed by atoms with E-state index in [0.29, 0.717) is 6.10 Å². The molecule has 1 nitrogen and oxygen atoms in total. The molecule has 0 aromatic heterocycles. The Morgan fingerprint density at radius 1 is 1.29 bits per heavy atom. The van der Waals surface area contributed by atoms with Crippen LogP contribution >= 0.6 is 11.8 Å². The average Bonchev–Trinajstić information content (AvgIpc) is 2.19. The molecule has 1 fully saturated rings. The van der Waals surface area contributed by atoms with Gasteiger partial charge in [-0.25, -0.2) is 0 Å². The van der Waals surface area contributed by atoms with Crippen molar-refractivity contribution in [3.8, 4) is 0 Å². The van der Waals surface area contributed by atoms with Crippen LogP contribution in [0.2, 0.25) is 0 Å². The van der Waals surface area contributed by atoms with E-state index in [0.717, 1.165) is 11.9 Å². The van der Waals surface area contributed by atoms with E-state index in [1.807, 2.05) is 11.8 Å². The highest BCUT2D eigenvalue weighted by Gasteiger charge is 2.19. The van der Waals surface area contributed by atoms with Crippen LogP contribution in [0.25, 0.3) is 0 Å². The van der Waals surface area contributed by atoms with Crippen LogP contribution in [0, 0.1) is 0 Å². The molecule has 2 atom stereocenters. The van der Waals surface area contributed by atoms with Crippen LogP contribution in [0.5, 0.6) is 0 Å². The van der Waals surface area contributed by atoms with Crippen molar-refractivity contribution in [2.75, 3.05) is 6.61 Å². The highest BCUT2D eigenvalue weighted by atomic mass is 32.2. The number of hydrogen-bond acceptors (Lipinski definition) is 2. The topological polar surface area (TPSA) is 9.23 Å². The first-order valence-electron chi connectivity index (χ1n) is 5.18. The fraction of sp³-hybridized carbons (Fsp3) is 0.500. The van der Waals surface area contributed by atoms with Gasteiger partial charge in [0.05, 0.1) is 6.10 Å². The summed E-state index contributed by atoms with van der Waals surface area (Å²) >= 11 is 1.99. The molecule has 0 radical (unpaired) electrons.